The lowest BCUT2D eigenvalue weighted by Gasteiger charge is -2.27. The molecule has 0 radical (unpaired) electrons. The fourth-order valence-corrected chi connectivity index (χ4v) is 2.61. The first-order chi connectivity index (χ1) is 9.45. The van der Waals surface area contributed by atoms with E-state index in [2.05, 4.69) is 16.9 Å². The Kier molecular flexibility index (Phi) is 4.33. The normalized spacial score (nSPS) is 17.6. The van der Waals surface area contributed by atoms with Gasteiger partial charge >= 0.3 is 0 Å². The third-order valence-corrected chi connectivity index (χ3v) is 3.87. The van der Waals surface area contributed by atoms with Crippen molar-refractivity contribution in [2.75, 3.05) is 6.54 Å². The third kappa shape index (κ3) is 2.66. The molecule has 2 rings (SSSR count). The minimum atomic E-state index is -0.502. The summed E-state index contributed by atoms with van der Waals surface area (Å²) in [6.07, 6.45) is 4.68. The van der Waals surface area contributed by atoms with E-state index in [4.69, 9.17) is 12.2 Å². The first-order valence-electron chi connectivity index (χ1n) is 5.62. The van der Waals surface area contributed by atoms with Crippen LogP contribution in [-0.4, -0.2) is 37.9 Å². The van der Waals surface area contributed by atoms with Gasteiger partial charge < -0.3 is 4.57 Å². The van der Waals surface area contributed by atoms with Gasteiger partial charge in [0.15, 0.2) is 5.11 Å². The molecule has 1 aliphatic heterocycles. The fraction of sp³-hybridized carbons (Fsp3) is 0.167. The molecule has 0 spiro atoms. The average Bonchev–Trinajstić information content (AvgIpc) is 2.70. The summed E-state index contributed by atoms with van der Waals surface area (Å²) in [6.45, 7) is 3.82. The van der Waals surface area contributed by atoms with E-state index in [1.54, 1.807) is 24.0 Å². The molecule has 0 unspecified atom stereocenters. The van der Waals surface area contributed by atoms with Crippen LogP contribution in [0.4, 0.5) is 0 Å². The third-order valence-electron chi connectivity index (χ3n) is 2.71. The quantitative estimate of drug-likeness (QED) is 0.268. The second-order valence-corrected chi connectivity index (χ2v) is 5.46. The summed E-state index contributed by atoms with van der Waals surface area (Å²) in [7, 11) is 1.79. The van der Waals surface area contributed by atoms with Crippen molar-refractivity contribution >= 4 is 57.8 Å². The molecule has 1 fully saturated rings. The molecule has 6 nitrogen and oxygen atoms in total. The van der Waals surface area contributed by atoms with Gasteiger partial charge in [0, 0.05) is 13.6 Å². The van der Waals surface area contributed by atoms with Crippen LogP contribution < -0.4 is 5.32 Å². The molecule has 104 valence electrons. The number of nitrogens with one attached hydrogen (secondary N) is 1. The smallest absolute Gasteiger partial charge is 0.266 e. The summed E-state index contributed by atoms with van der Waals surface area (Å²) >= 11 is 7.02. The molecule has 0 aliphatic carbocycles. The Morgan fingerprint density at radius 3 is 2.80 bits per heavy atom. The molecule has 2 amide bonds. The first-order valence-corrected chi connectivity index (χ1v) is 7.11. The topological polar surface area (TPSA) is 67.2 Å². The first kappa shape index (κ1) is 14.9. The van der Waals surface area contributed by atoms with Crippen LogP contribution in [0.2, 0.25) is 0 Å². The molecule has 8 heteroatoms. The molecule has 20 heavy (non-hydrogen) atoms. The second kappa shape index (κ2) is 5.83. The Balaban J connectivity index is 2.44. The molecule has 0 saturated carbocycles. The van der Waals surface area contributed by atoms with Gasteiger partial charge in [-0.3, -0.25) is 19.8 Å². The summed E-state index contributed by atoms with van der Waals surface area (Å²) < 4.78 is 2.45. The second-order valence-electron chi connectivity index (χ2n) is 4.05. The molecule has 0 aromatic carbocycles. The van der Waals surface area contributed by atoms with Crippen molar-refractivity contribution in [3.05, 3.63) is 33.9 Å². The lowest BCUT2D eigenvalue weighted by Crippen LogP contribution is -2.53. The van der Waals surface area contributed by atoms with Gasteiger partial charge in [-0.25, -0.2) is 4.98 Å². The molecular formula is C12H11IN4O2S. The fourth-order valence-electron chi connectivity index (χ4n) is 1.70. The predicted octanol–water partition coefficient (Wildman–Crippen LogP) is 0.837. The number of rotatable bonds is 3. The number of carbonyl (C=O) groups is 2. The molecule has 1 aromatic heterocycles. The van der Waals surface area contributed by atoms with Crippen LogP contribution in [0.1, 0.15) is 5.69 Å². The molecule has 1 aromatic rings. The van der Waals surface area contributed by atoms with Crippen LogP contribution >= 0.6 is 34.8 Å². The van der Waals surface area contributed by atoms with E-state index in [1.165, 1.54) is 11.0 Å². The molecule has 1 saturated heterocycles. The highest BCUT2D eigenvalue weighted by Gasteiger charge is 2.33. The Morgan fingerprint density at radius 1 is 1.55 bits per heavy atom. The Morgan fingerprint density at radius 2 is 2.25 bits per heavy atom. The molecule has 2 heterocycles. The van der Waals surface area contributed by atoms with E-state index >= 15 is 0 Å². The Labute approximate surface area is 134 Å². The van der Waals surface area contributed by atoms with Gasteiger partial charge in [0.05, 0.1) is 12.0 Å². The molecule has 1 N–H and O–H groups in total. The van der Waals surface area contributed by atoms with E-state index in [-0.39, 0.29) is 17.2 Å². The van der Waals surface area contributed by atoms with E-state index < -0.39 is 11.8 Å². The number of imidazole rings is 1. The summed E-state index contributed by atoms with van der Waals surface area (Å²) in [5, 5.41) is 2.59. The van der Waals surface area contributed by atoms with Crippen LogP contribution in [0, 0.1) is 3.70 Å². The van der Waals surface area contributed by atoms with Crippen LogP contribution in [0.25, 0.3) is 6.08 Å². The van der Waals surface area contributed by atoms with Crippen molar-refractivity contribution in [3.63, 3.8) is 0 Å². The van der Waals surface area contributed by atoms with E-state index in [1.807, 2.05) is 22.6 Å². The number of thiocarbonyl (C=S) groups is 1. The number of hydrogen-bond donors (Lipinski definition) is 1. The van der Waals surface area contributed by atoms with Crippen LogP contribution in [0.3, 0.4) is 0 Å². The number of amides is 2. The van der Waals surface area contributed by atoms with Gasteiger partial charge in [0.1, 0.15) is 9.27 Å². The highest BCUT2D eigenvalue weighted by atomic mass is 127. The summed E-state index contributed by atoms with van der Waals surface area (Å²) in [6, 6.07) is 0. The van der Waals surface area contributed by atoms with Crippen LogP contribution in [0.15, 0.2) is 24.6 Å². The standard InChI is InChI=1S/C12H11IN4O2S/c1-3-4-17-11(19)7(10(18)15-12(17)20)5-8-9(13)14-6-16(8)2/h3,5-6H,1,4H2,2H3,(H,15,18,20). The van der Waals surface area contributed by atoms with Gasteiger partial charge in [-0.15, -0.1) is 6.58 Å². The Hall–Kier alpha value is -1.55. The summed E-state index contributed by atoms with van der Waals surface area (Å²) in [5.74, 6) is -0.937. The molecule has 1 aliphatic rings. The largest absolute Gasteiger partial charge is 0.333 e. The number of hydrogen-bond acceptors (Lipinski definition) is 4. The zero-order valence-electron chi connectivity index (χ0n) is 10.6. The maximum absolute atomic E-state index is 12.3. The predicted molar refractivity (Wildman–Crippen MR) is 86.6 cm³/mol. The molecule has 0 atom stereocenters. The molecule has 0 bridgehead atoms. The SMILES string of the molecule is C=CCN1C(=O)C(=Cc2c(I)ncn2C)C(=O)NC1=S. The zero-order chi connectivity index (χ0) is 14.9. The van der Waals surface area contributed by atoms with Gasteiger partial charge in [-0.1, -0.05) is 6.08 Å². The Bertz CT molecular complexity index is 630. The monoisotopic (exact) mass is 402 g/mol. The number of aryl methyl sites for hydroxylation is 1. The lowest BCUT2D eigenvalue weighted by atomic mass is 10.1. The average molecular weight is 402 g/mol. The number of nitrogens with zero attached hydrogens (tertiary/aromatic N) is 3. The number of aromatic nitrogens is 2. The molecular weight excluding hydrogens is 391 g/mol. The van der Waals surface area contributed by atoms with E-state index in [0.29, 0.717) is 9.39 Å². The van der Waals surface area contributed by atoms with Gasteiger partial charge in [-0.05, 0) is 40.9 Å². The van der Waals surface area contributed by atoms with Crippen molar-refractivity contribution in [3.8, 4) is 0 Å². The van der Waals surface area contributed by atoms with Gasteiger partial charge in [-0.2, -0.15) is 0 Å². The van der Waals surface area contributed by atoms with Crippen molar-refractivity contribution in [2.45, 2.75) is 0 Å². The van der Waals surface area contributed by atoms with Crippen LogP contribution in [-0.2, 0) is 16.6 Å². The maximum Gasteiger partial charge on any atom is 0.266 e. The van der Waals surface area contributed by atoms with Crippen molar-refractivity contribution in [1.29, 1.82) is 0 Å². The van der Waals surface area contributed by atoms with Gasteiger partial charge in [0.25, 0.3) is 11.8 Å². The maximum atomic E-state index is 12.3. The van der Waals surface area contributed by atoms with Crippen molar-refractivity contribution in [2.24, 2.45) is 7.05 Å². The number of carbonyl (C=O) groups excluding carboxylic acids is 2. The van der Waals surface area contributed by atoms with Crippen LogP contribution in [0.5, 0.6) is 0 Å². The summed E-state index contributed by atoms with van der Waals surface area (Å²) in [4.78, 5) is 29.7. The highest BCUT2D eigenvalue weighted by Crippen LogP contribution is 2.17. The highest BCUT2D eigenvalue weighted by molar-refractivity contribution is 14.1. The van der Waals surface area contributed by atoms with Crippen molar-refractivity contribution in [1.82, 2.24) is 19.8 Å². The van der Waals surface area contributed by atoms with E-state index in [9.17, 15) is 9.59 Å². The summed E-state index contributed by atoms with van der Waals surface area (Å²) in [5.41, 5.74) is 0.720. The van der Waals surface area contributed by atoms with E-state index in [0.717, 1.165) is 0 Å². The zero-order valence-corrected chi connectivity index (χ0v) is 13.6. The van der Waals surface area contributed by atoms with Gasteiger partial charge in [0.2, 0.25) is 0 Å². The lowest BCUT2D eigenvalue weighted by molar-refractivity contribution is -0.128. The minimum absolute atomic E-state index is 0.0296. The number of halogens is 1. The minimum Gasteiger partial charge on any atom is -0.333 e. The van der Waals surface area contributed by atoms with Crippen molar-refractivity contribution < 1.29 is 9.59 Å².